The average molecular weight is 256 g/mol. The van der Waals surface area contributed by atoms with Crippen LogP contribution in [-0.4, -0.2) is 19.1 Å². The Morgan fingerprint density at radius 1 is 1.05 bits per heavy atom. The van der Waals surface area contributed by atoms with Crippen molar-refractivity contribution in [3.8, 4) is 11.5 Å². The Labute approximate surface area is 114 Å². The Kier molecular flexibility index (Phi) is 4.53. The molecule has 0 saturated heterocycles. The number of ether oxygens (including phenoxy) is 1. The Morgan fingerprint density at radius 2 is 1.79 bits per heavy atom. The normalized spacial score (nSPS) is 12.2. The molecule has 3 nitrogen and oxygen atoms in total. The molecule has 0 saturated carbocycles. The number of fused-ring (bicyclic) bond motifs is 2. The van der Waals surface area contributed by atoms with Crippen LogP contribution >= 0.6 is 0 Å². The summed E-state index contributed by atoms with van der Waals surface area (Å²) in [7, 11) is 3.75. The summed E-state index contributed by atoms with van der Waals surface area (Å²) in [5.74, 6) is 1.87. The fraction of sp³-hybridized carbons (Fsp3) is 0.312. The van der Waals surface area contributed by atoms with E-state index in [9.17, 15) is 0 Å². The molecular formula is C16H20N2O. The van der Waals surface area contributed by atoms with Crippen LogP contribution in [0, 0.1) is 6.92 Å². The molecule has 3 rings (SSSR count). The van der Waals surface area contributed by atoms with Crippen molar-refractivity contribution >= 4 is 0 Å². The average Bonchev–Trinajstić information content (AvgIpc) is 2.59. The van der Waals surface area contributed by atoms with Crippen molar-refractivity contribution < 1.29 is 4.74 Å². The summed E-state index contributed by atoms with van der Waals surface area (Å²) in [5.41, 5.74) is 3.66. The zero-order valence-corrected chi connectivity index (χ0v) is 11.7. The van der Waals surface area contributed by atoms with Gasteiger partial charge in [-0.15, -0.1) is 0 Å². The SMILES string of the molecule is CNC.Cc1cccc2c1CCc1ncccc1O2. The number of hydrogen-bond acceptors (Lipinski definition) is 3. The summed E-state index contributed by atoms with van der Waals surface area (Å²) in [6.07, 6.45) is 3.78. The van der Waals surface area contributed by atoms with E-state index in [2.05, 4.69) is 23.3 Å². The third-order valence-corrected chi connectivity index (χ3v) is 3.05. The number of nitrogens with zero attached hydrogens (tertiary/aromatic N) is 1. The number of pyridine rings is 1. The van der Waals surface area contributed by atoms with Crippen LogP contribution in [0.15, 0.2) is 36.5 Å². The van der Waals surface area contributed by atoms with Gasteiger partial charge in [0.2, 0.25) is 0 Å². The predicted molar refractivity (Wildman–Crippen MR) is 77.9 cm³/mol. The number of aromatic nitrogens is 1. The highest BCUT2D eigenvalue weighted by Crippen LogP contribution is 2.33. The van der Waals surface area contributed by atoms with Crippen LogP contribution in [0.3, 0.4) is 0 Å². The van der Waals surface area contributed by atoms with Gasteiger partial charge in [0.25, 0.3) is 0 Å². The molecule has 0 radical (unpaired) electrons. The molecule has 2 aromatic rings. The van der Waals surface area contributed by atoms with Crippen molar-refractivity contribution in [3.63, 3.8) is 0 Å². The second kappa shape index (κ2) is 6.34. The van der Waals surface area contributed by atoms with Crippen LogP contribution in [0.5, 0.6) is 11.5 Å². The molecule has 1 aromatic heterocycles. The Hall–Kier alpha value is -1.87. The van der Waals surface area contributed by atoms with Crippen molar-refractivity contribution in [2.24, 2.45) is 0 Å². The lowest BCUT2D eigenvalue weighted by atomic mass is 10.0. The first-order valence-corrected chi connectivity index (χ1v) is 6.55. The van der Waals surface area contributed by atoms with E-state index in [1.165, 1.54) is 11.1 Å². The van der Waals surface area contributed by atoms with E-state index in [1.54, 1.807) is 0 Å². The van der Waals surface area contributed by atoms with Gasteiger partial charge in [-0.3, -0.25) is 4.98 Å². The smallest absolute Gasteiger partial charge is 0.148 e. The lowest BCUT2D eigenvalue weighted by molar-refractivity contribution is 0.476. The van der Waals surface area contributed by atoms with Crippen molar-refractivity contribution in [1.29, 1.82) is 0 Å². The van der Waals surface area contributed by atoms with Gasteiger partial charge in [0.15, 0.2) is 0 Å². The zero-order chi connectivity index (χ0) is 13.7. The summed E-state index contributed by atoms with van der Waals surface area (Å²) in [6, 6.07) is 10.1. The second-order valence-corrected chi connectivity index (χ2v) is 4.60. The van der Waals surface area contributed by atoms with Crippen molar-refractivity contribution in [3.05, 3.63) is 53.3 Å². The van der Waals surface area contributed by atoms with Crippen LogP contribution in [0.1, 0.15) is 16.8 Å². The second-order valence-electron chi connectivity index (χ2n) is 4.60. The van der Waals surface area contributed by atoms with Gasteiger partial charge in [-0.05, 0) is 63.2 Å². The van der Waals surface area contributed by atoms with Gasteiger partial charge in [-0.1, -0.05) is 12.1 Å². The maximum absolute atomic E-state index is 5.92. The van der Waals surface area contributed by atoms with Crippen LogP contribution in [-0.2, 0) is 12.8 Å². The number of aryl methyl sites for hydroxylation is 2. The van der Waals surface area contributed by atoms with Crippen LogP contribution in [0.4, 0.5) is 0 Å². The van der Waals surface area contributed by atoms with Crippen molar-refractivity contribution in [2.45, 2.75) is 19.8 Å². The standard InChI is InChI=1S/C14H13NO.C2H7N/c1-10-4-2-5-13-11(10)7-8-12-14(16-13)6-3-9-15-12;1-3-2/h2-6,9H,7-8H2,1H3;3H,1-2H3. The molecular weight excluding hydrogens is 236 g/mol. The number of rotatable bonds is 0. The largest absolute Gasteiger partial charge is 0.455 e. The lowest BCUT2D eigenvalue weighted by Gasteiger charge is -2.09. The van der Waals surface area contributed by atoms with Crippen LogP contribution < -0.4 is 10.1 Å². The molecule has 2 heterocycles. The van der Waals surface area contributed by atoms with E-state index in [4.69, 9.17) is 4.74 Å². The molecule has 1 N–H and O–H groups in total. The molecule has 0 amide bonds. The first kappa shape index (κ1) is 13.6. The van der Waals surface area contributed by atoms with E-state index >= 15 is 0 Å². The third kappa shape index (κ3) is 3.12. The molecule has 1 aromatic carbocycles. The van der Waals surface area contributed by atoms with Gasteiger partial charge >= 0.3 is 0 Å². The highest BCUT2D eigenvalue weighted by molar-refractivity contribution is 5.45. The molecule has 100 valence electrons. The first-order chi connectivity index (χ1) is 9.26. The summed E-state index contributed by atoms with van der Waals surface area (Å²) >= 11 is 0. The van der Waals surface area contributed by atoms with E-state index in [0.29, 0.717) is 0 Å². The molecule has 0 aliphatic carbocycles. The van der Waals surface area contributed by atoms with E-state index in [1.807, 2.05) is 44.6 Å². The monoisotopic (exact) mass is 256 g/mol. The van der Waals surface area contributed by atoms with Gasteiger partial charge in [0.1, 0.15) is 11.5 Å². The molecule has 0 spiro atoms. The highest BCUT2D eigenvalue weighted by atomic mass is 16.5. The maximum atomic E-state index is 5.92. The minimum atomic E-state index is 0.895. The Morgan fingerprint density at radius 3 is 2.58 bits per heavy atom. The minimum Gasteiger partial charge on any atom is -0.455 e. The fourth-order valence-electron chi connectivity index (χ4n) is 2.16. The number of hydrogen-bond donors (Lipinski definition) is 1. The summed E-state index contributed by atoms with van der Waals surface area (Å²) in [5, 5.41) is 2.75. The molecule has 0 bridgehead atoms. The molecule has 0 fully saturated rings. The van der Waals surface area contributed by atoms with Crippen LogP contribution in [0.2, 0.25) is 0 Å². The van der Waals surface area contributed by atoms with Gasteiger partial charge < -0.3 is 10.1 Å². The summed E-state index contributed by atoms with van der Waals surface area (Å²) in [4.78, 5) is 4.37. The number of nitrogens with one attached hydrogen (secondary N) is 1. The lowest BCUT2D eigenvalue weighted by Crippen LogP contribution is -1.93. The van der Waals surface area contributed by atoms with Gasteiger partial charge in [0.05, 0.1) is 5.69 Å². The fourth-order valence-corrected chi connectivity index (χ4v) is 2.16. The molecule has 0 atom stereocenters. The molecule has 19 heavy (non-hydrogen) atoms. The van der Waals surface area contributed by atoms with Crippen molar-refractivity contribution in [2.75, 3.05) is 14.1 Å². The molecule has 3 heteroatoms. The molecule has 1 aliphatic rings. The van der Waals surface area contributed by atoms with E-state index < -0.39 is 0 Å². The third-order valence-electron chi connectivity index (χ3n) is 3.05. The van der Waals surface area contributed by atoms with Crippen molar-refractivity contribution in [1.82, 2.24) is 10.3 Å². The Bertz CT molecular complexity index is 552. The highest BCUT2D eigenvalue weighted by Gasteiger charge is 2.15. The van der Waals surface area contributed by atoms with Crippen LogP contribution in [0.25, 0.3) is 0 Å². The first-order valence-electron chi connectivity index (χ1n) is 6.55. The van der Waals surface area contributed by atoms with Gasteiger partial charge in [0, 0.05) is 6.20 Å². The Balaban J connectivity index is 0.000000408. The molecule has 0 unspecified atom stereocenters. The quantitative estimate of drug-likeness (QED) is 0.786. The van der Waals surface area contributed by atoms with Gasteiger partial charge in [-0.2, -0.15) is 0 Å². The number of benzene rings is 1. The molecule has 1 aliphatic heterocycles. The van der Waals surface area contributed by atoms with E-state index in [-0.39, 0.29) is 0 Å². The minimum absolute atomic E-state index is 0.895. The van der Waals surface area contributed by atoms with Gasteiger partial charge in [-0.25, -0.2) is 0 Å². The topological polar surface area (TPSA) is 34.2 Å². The maximum Gasteiger partial charge on any atom is 0.148 e. The van der Waals surface area contributed by atoms with E-state index in [0.717, 1.165) is 30.0 Å². The predicted octanol–water partition coefficient (Wildman–Crippen LogP) is 3.12. The summed E-state index contributed by atoms with van der Waals surface area (Å²) in [6.45, 7) is 2.13. The zero-order valence-electron chi connectivity index (χ0n) is 11.7. The summed E-state index contributed by atoms with van der Waals surface area (Å²) < 4.78 is 5.92.